The zero-order valence-electron chi connectivity index (χ0n) is 16.9. The number of para-hydroxylation sites is 1. The molecule has 148 valence electrons. The summed E-state index contributed by atoms with van der Waals surface area (Å²) in [5.74, 6) is 2.03. The van der Waals surface area contributed by atoms with E-state index in [4.69, 9.17) is 0 Å². The Morgan fingerprint density at radius 2 is 1.86 bits per heavy atom. The highest BCUT2D eigenvalue weighted by Gasteiger charge is 2.25. The van der Waals surface area contributed by atoms with Crippen molar-refractivity contribution in [3.63, 3.8) is 0 Å². The fourth-order valence-electron chi connectivity index (χ4n) is 4.29. The predicted octanol–water partition coefficient (Wildman–Crippen LogP) is 2.58. The molecule has 0 bridgehead atoms. The van der Waals surface area contributed by atoms with Crippen molar-refractivity contribution in [2.24, 2.45) is 0 Å². The molecule has 28 heavy (non-hydrogen) atoms. The molecule has 0 atom stereocenters. The van der Waals surface area contributed by atoms with Crippen LogP contribution in [0.1, 0.15) is 29.9 Å². The average Bonchev–Trinajstić information content (AvgIpc) is 2.92. The summed E-state index contributed by atoms with van der Waals surface area (Å²) >= 11 is 0. The Morgan fingerprint density at radius 3 is 2.71 bits per heavy atom. The van der Waals surface area contributed by atoms with Crippen LogP contribution >= 0.6 is 0 Å². The lowest BCUT2D eigenvalue weighted by atomic mass is 10.0. The van der Waals surface area contributed by atoms with E-state index in [1.807, 2.05) is 24.8 Å². The molecular formula is C22H29N5O. The number of aromatic nitrogens is 2. The Balaban J connectivity index is 1.39. The average molecular weight is 380 g/mol. The first kappa shape index (κ1) is 18.9. The van der Waals surface area contributed by atoms with E-state index in [2.05, 4.69) is 44.0 Å². The Hall–Kier alpha value is -2.47. The van der Waals surface area contributed by atoms with Gasteiger partial charge in [0.15, 0.2) is 0 Å². The van der Waals surface area contributed by atoms with Crippen LogP contribution in [0.5, 0.6) is 0 Å². The molecule has 2 aliphatic rings. The maximum absolute atomic E-state index is 13.0. The quantitative estimate of drug-likeness (QED) is 0.820. The lowest BCUT2D eigenvalue weighted by molar-refractivity contribution is -0.119. The summed E-state index contributed by atoms with van der Waals surface area (Å²) in [6, 6.07) is 10.4. The summed E-state index contributed by atoms with van der Waals surface area (Å²) in [5.41, 5.74) is 3.39. The molecule has 1 saturated heterocycles. The number of carbonyl (C=O) groups excluding carboxylic acids is 1. The number of hydrogen-bond donors (Lipinski definition) is 0. The van der Waals surface area contributed by atoms with Gasteiger partial charge in [0.25, 0.3) is 0 Å². The molecule has 0 unspecified atom stereocenters. The third-order valence-electron chi connectivity index (χ3n) is 5.64. The highest BCUT2D eigenvalue weighted by molar-refractivity contribution is 5.95. The molecule has 2 aliphatic heterocycles. The molecular weight excluding hydrogens is 350 g/mol. The highest BCUT2D eigenvalue weighted by Crippen LogP contribution is 2.27. The third kappa shape index (κ3) is 4.17. The van der Waals surface area contributed by atoms with Crippen molar-refractivity contribution >= 4 is 17.4 Å². The summed E-state index contributed by atoms with van der Waals surface area (Å²) in [7, 11) is 0. The minimum Gasteiger partial charge on any atom is -0.355 e. The summed E-state index contributed by atoms with van der Waals surface area (Å²) < 4.78 is 0. The molecule has 1 aromatic carbocycles. The summed E-state index contributed by atoms with van der Waals surface area (Å²) in [6.07, 6.45) is 3.14. The van der Waals surface area contributed by atoms with Crippen LogP contribution in [0.4, 0.5) is 11.5 Å². The largest absolute Gasteiger partial charge is 0.355 e. The molecule has 3 heterocycles. The molecule has 6 nitrogen and oxygen atoms in total. The van der Waals surface area contributed by atoms with Crippen molar-refractivity contribution in [1.29, 1.82) is 0 Å². The van der Waals surface area contributed by atoms with Gasteiger partial charge in [0.1, 0.15) is 11.6 Å². The van der Waals surface area contributed by atoms with E-state index >= 15 is 0 Å². The van der Waals surface area contributed by atoms with Gasteiger partial charge in [-0.15, -0.1) is 0 Å². The van der Waals surface area contributed by atoms with E-state index in [-0.39, 0.29) is 5.91 Å². The number of benzene rings is 1. The van der Waals surface area contributed by atoms with Gasteiger partial charge in [-0.05, 0) is 44.7 Å². The molecule has 1 aromatic heterocycles. The monoisotopic (exact) mass is 379 g/mol. The van der Waals surface area contributed by atoms with Gasteiger partial charge in [-0.2, -0.15) is 0 Å². The van der Waals surface area contributed by atoms with Gasteiger partial charge in [-0.1, -0.05) is 18.2 Å². The van der Waals surface area contributed by atoms with Crippen LogP contribution in [0.3, 0.4) is 0 Å². The predicted molar refractivity (Wildman–Crippen MR) is 112 cm³/mol. The van der Waals surface area contributed by atoms with Gasteiger partial charge in [0.05, 0.1) is 6.54 Å². The van der Waals surface area contributed by atoms with Gasteiger partial charge in [-0.25, -0.2) is 9.97 Å². The van der Waals surface area contributed by atoms with E-state index in [1.54, 1.807) is 0 Å². The molecule has 0 spiro atoms. The van der Waals surface area contributed by atoms with E-state index in [0.29, 0.717) is 6.54 Å². The first-order chi connectivity index (χ1) is 13.6. The third-order valence-corrected chi connectivity index (χ3v) is 5.64. The summed E-state index contributed by atoms with van der Waals surface area (Å²) in [5, 5.41) is 0. The maximum Gasteiger partial charge on any atom is 0.241 e. The van der Waals surface area contributed by atoms with Gasteiger partial charge < -0.3 is 9.80 Å². The second-order valence-corrected chi connectivity index (χ2v) is 7.81. The van der Waals surface area contributed by atoms with Crippen LogP contribution in [0.2, 0.25) is 0 Å². The van der Waals surface area contributed by atoms with Crippen LogP contribution in [-0.2, 0) is 11.2 Å². The van der Waals surface area contributed by atoms with Crippen molar-refractivity contribution in [3.05, 3.63) is 47.4 Å². The molecule has 4 rings (SSSR count). The van der Waals surface area contributed by atoms with E-state index in [9.17, 15) is 4.79 Å². The summed E-state index contributed by atoms with van der Waals surface area (Å²) in [4.78, 5) is 28.6. The van der Waals surface area contributed by atoms with Gasteiger partial charge in [0.2, 0.25) is 5.91 Å². The van der Waals surface area contributed by atoms with Gasteiger partial charge >= 0.3 is 0 Å². The molecule has 0 aliphatic carbocycles. The molecule has 1 fully saturated rings. The molecule has 2 aromatic rings. The van der Waals surface area contributed by atoms with Crippen molar-refractivity contribution in [2.45, 2.75) is 33.1 Å². The Bertz CT molecular complexity index is 832. The zero-order valence-corrected chi connectivity index (χ0v) is 16.9. The molecule has 0 radical (unpaired) electrons. The lowest BCUT2D eigenvalue weighted by Gasteiger charge is -2.31. The number of amides is 1. The van der Waals surface area contributed by atoms with Crippen LogP contribution in [0.25, 0.3) is 0 Å². The standard InChI is InChI=1S/C22H29N5O/c1-17-15-21(24-18(2)23-17)26-11-6-10-25(13-14-26)16-22(28)27-12-5-8-19-7-3-4-9-20(19)27/h3-4,7,9,15H,5-6,8,10-14,16H2,1-2H3. The van der Waals surface area contributed by atoms with Gasteiger partial charge in [-0.3, -0.25) is 9.69 Å². The number of aryl methyl sites for hydroxylation is 3. The fraction of sp³-hybridized carbons (Fsp3) is 0.500. The molecule has 1 amide bonds. The number of hydrogen-bond acceptors (Lipinski definition) is 5. The van der Waals surface area contributed by atoms with Crippen LogP contribution < -0.4 is 9.80 Å². The number of anilines is 2. The highest BCUT2D eigenvalue weighted by atomic mass is 16.2. The number of nitrogens with zero attached hydrogens (tertiary/aromatic N) is 5. The van der Waals surface area contributed by atoms with Crippen LogP contribution in [0, 0.1) is 13.8 Å². The van der Waals surface area contributed by atoms with Crippen LogP contribution in [-0.4, -0.2) is 60.0 Å². The Labute approximate surface area is 167 Å². The summed E-state index contributed by atoms with van der Waals surface area (Å²) in [6.45, 7) is 8.95. The van der Waals surface area contributed by atoms with E-state index in [1.165, 1.54) is 5.56 Å². The first-order valence-corrected chi connectivity index (χ1v) is 10.3. The normalized spacial score (nSPS) is 17.9. The Kier molecular flexibility index (Phi) is 5.57. The second kappa shape index (κ2) is 8.27. The number of carbonyl (C=O) groups is 1. The first-order valence-electron chi connectivity index (χ1n) is 10.3. The zero-order chi connectivity index (χ0) is 19.5. The van der Waals surface area contributed by atoms with Crippen molar-refractivity contribution in [1.82, 2.24) is 14.9 Å². The smallest absolute Gasteiger partial charge is 0.241 e. The topological polar surface area (TPSA) is 52.6 Å². The maximum atomic E-state index is 13.0. The Morgan fingerprint density at radius 1 is 1.00 bits per heavy atom. The molecule has 0 saturated carbocycles. The van der Waals surface area contributed by atoms with Gasteiger partial charge in [0, 0.05) is 50.2 Å². The minimum absolute atomic E-state index is 0.217. The SMILES string of the molecule is Cc1cc(N2CCCN(CC(=O)N3CCCc4ccccc43)CC2)nc(C)n1. The fourth-order valence-corrected chi connectivity index (χ4v) is 4.29. The molecule has 0 N–H and O–H groups in total. The van der Waals surface area contributed by atoms with Crippen molar-refractivity contribution in [2.75, 3.05) is 49.1 Å². The van der Waals surface area contributed by atoms with E-state index in [0.717, 1.165) is 75.0 Å². The number of rotatable bonds is 3. The number of fused-ring (bicyclic) bond motifs is 1. The van der Waals surface area contributed by atoms with Crippen molar-refractivity contribution in [3.8, 4) is 0 Å². The lowest BCUT2D eigenvalue weighted by Crippen LogP contribution is -2.43. The minimum atomic E-state index is 0.217. The van der Waals surface area contributed by atoms with E-state index < -0.39 is 0 Å². The second-order valence-electron chi connectivity index (χ2n) is 7.81. The van der Waals surface area contributed by atoms with Crippen LogP contribution in [0.15, 0.2) is 30.3 Å². The molecule has 6 heteroatoms. The van der Waals surface area contributed by atoms with Crippen molar-refractivity contribution < 1.29 is 4.79 Å².